The Balaban J connectivity index is 3.05. The number of rotatable bonds is 3. The SMILES string of the molecule is CC(=O)C(C)(C#N)Cc1ccc(Br)cc1Cl. The molecule has 0 N–H and O–H groups in total. The highest BCUT2D eigenvalue weighted by molar-refractivity contribution is 9.10. The number of carbonyl (C=O) groups is 1. The molecule has 0 aliphatic heterocycles. The first-order valence-electron chi connectivity index (χ1n) is 4.75. The van der Waals surface area contributed by atoms with Gasteiger partial charge in [-0.15, -0.1) is 0 Å². The van der Waals surface area contributed by atoms with Crippen LogP contribution < -0.4 is 0 Å². The van der Waals surface area contributed by atoms with Gasteiger partial charge in [0, 0.05) is 9.50 Å². The van der Waals surface area contributed by atoms with E-state index in [0.29, 0.717) is 11.4 Å². The van der Waals surface area contributed by atoms with E-state index in [1.54, 1.807) is 13.0 Å². The zero-order valence-electron chi connectivity index (χ0n) is 9.05. The molecule has 0 radical (unpaired) electrons. The second kappa shape index (κ2) is 4.99. The summed E-state index contributed by atoms with van der Waals surface area (Å²) in [4.78, 5) is 11.4. The number of hydrogen-bond donors (Lipinski definition) is 0. The lowest BCUT2D eigenvalue weighted by Crippen LogP contribution is -2.26. The summed E-state index contributed by atoms with van der Waals surface area (Å²) in [5.41, 5.74) is -0.193. The van der Waals surface area contributed by atoms with Gasteiger partial charge in [-0.25, -0.2) is 0 Å². The minimum atomic E-state index is -1.00. The Bertz CT molecular complexity index is 467. The molecule has 0 fully saturated rings. The van der Waals surface area contributed by atoms with Crippen molar-refractivity contribution >= 4 is 33.3 Å². The molecule has 84 valence electrons. The van der Waals surface area contributed by atoms with E-state index in [9.17, 15) is 4.79 Å². The molecule has 16 heavy (non-hydrogen) atoms. The number of hydrogen-bond acceptors (Lipinski definition) is 2. The molecule has 1 unspecified atom stereocenters. The van der Waals surface area contributed by atoms with Crippen LogP contribution in [0.1, 0.15) is 19.4 Å². The van der Waals surface area contributed by atoms with Gasteiger partial charge in [0.2, 0.25) is 0 Å². The van der Waals surface area contributed by atoms with E-state index < -0.39 is 5.41 Å². The standard InChI is InChI=1S/C12H11BrClNO/c1-8(16)12(2,7-15)6-9-3-4-10(13)5-11(9)14/h3-5H,6H2,1-2H3. The van der Waals surface area contributed by atoms with Gasteiger partial charge in [0.25, 0.3) is 0 Å². The van der Waals surface area contributed by atoms with Gasteiger partial charge in [-0.2, -0.15) is 5.26 Å². The maximum absolute atomic E-state index is 11.4. The summed E-state index contributed by atoms with van der Waals surface area (Å²) in [6.45, 7) is 3.06. The highest BCUT2D eigenvalue weighted by Gasteiger charge is 2.30. The van der Waals surface area contributed by atoms with Crippen LogP contribution in [0.25, 0.3) is 0 Å². The Morgan fingerprint density at radius 3 is 2.69 bits per heavy atom. The smallest absolute Gasteiger partial charge is 0.150 e. The highest BCUT2D eigenvalue weighted by Crippen LogP contribution is 2.29. The number of halogens is 2. The number of nitrogens with zero attached hydrogens (tertiary/aromatic N) is 1. The van der Waals surface area contributed by atoms with Crippen molar-refractivity contribution < 1.29 is 4.79 Å². The van der Waals surface area contributed by atoms with Crippen molar-refractivity contribution in [1.82, 2.24) is 0 Å². The van der Waals surface area contributed by atoms with E-state index in [1.807, 2.05) is 18.2 Å². The van der Waals surface area contributed by atoms with Crippen molar-refractivity contribution in [2.75, 3.05) is 0 Å². The number of ketones is 1. The fourth-order valence-electron chi connectivity index (χ4n) is 1.29. The monoisotopic (exact) mass is 299 g/mol. The lowest BCUT2D eigenvalue weighted by molar-refractivity contribution is -0.123. The first-order chi connectivity index (χ1) is 7.39. The summed E-state index contributed by atoms with van der Waals surface area (Å²) >= 11 is 9.35. The first kappa shape index (κ1) is 13.2. The third-order valence-electron chi connectivity index (χ3n) is 2.58. The molecule has 1 aromatic carbocycles. The van der Waals surface area contributed by atoms with Crippen molar-refractivity contribution in [2.24, 2.45) is 5.41 Å². The summed E-state index contributed by atoms with van der Waals surface area (Å²) in [5, 5.41) is 9.61. The molecule has 0 aliphatic rings. The summed E-state index contributed by atoms with van der Waals surface area (Å²) in [5.74, 6) is -0.144. The lowest BCUT2D eigenvalue weighted by Gasteiger charge is -2.18. The Labute approximate surface area is 108 Å². The molecule has 4 heteroatoms. The first-order valence-corrected chi connectivity index (χ1v) is 5.92. The predicted molar refractivity (Wildman–Crippen MR) is 67.3 cm³/mol. The van der Waals surface area contributed by atoms with Crippen LogP contribution in [-0.4, -0.2) is 5.78 Å². The van der Waals surface area contributed by atoms with E-state index in [0.717, 1.165) is 10.0 Å². The topological polar surface area (TPSA) is 40.9 Å². The molecule has 0 aromatic heterocycles. The summed E-state index contributed by atoms with van der Waals surface area (Å²) in [7, 11) is 0. The van der Waals surface area contributed by atoms with Gasteiger partial charge in [0.15, 0.2) is 0 Å². The van der Waals surface area contributed by atoms with Gasteiger partial charge in [-0.1, -0.05) is 33.6 Å². The molecule has 0 spiro atoms. The van der Waals surface area contributed by atoms with Gasteiger partial charge in [-0.05, 0) is 38.0 Å². The van der Waals surface area contributed by atoms with Crippen molar-refractivity contribution in [3.8, 4) is 6.07 Å². The third-order valence-corrected chi connectivity index (χ3v) is 3.43. The second-order valence-electron chi connectivity index (χ2n) is 3.91. The van der Waals surface area contributed by atoms with Gasteiger partial charge >= 0.3 is 0 Å². The number of carbonyl (C=O) groups excluding carboxylic acids is 1. The van der Waals surface area contributed by atoms with E-state index >= 15 is 0 Å². The summed E-state index contributed by atoms with van der Waals surface area (Å²) < 4.78 is 0.878. The molecular weight excluding hydrogens is 289 g/mol. The Morgan fingerprint density at radius 2 is 2.25 bits per heavy atom. The van der Waals surface area contributed by atoms with Crippen molar-refractivity contribution in [3.05, 3.63) is 33.3 Å². The van der Waals surface area contributed by atoms with Gasteiger partial charge in [0.1, 0.15) is 11.2 Å². The fraction of sp³-hybridized carbons (Fsp3) is 0.333. The minimum absolute atomic E-state index is 0.144. The van der Waals surface area contributed by atoms with E-state index in [1.165, 1.54) is 6.92 Å². The third kappa shape index (κ3) is 2.84. The summed E-state index contributed by atoms with van der Waals surface area (Å²) in [6.07, 6.45) is 0.338. The van der Waals surface area contributed by atoms with Gasteiger partial charge in [-0.3, -0.25) is 4.79 Å². The van der Waals surface area contributed by atoms with Crippen LogP contribution >= 0.6 is 27.5 Å². The maximum Gasteiger partial charge on any atom is 0.150 e. The number of Topliss-reactive ketones (excluding diaryl/α,β-unsaturated/α-hetero) is 1. The normalized spacial score (nSPS) is 13.9. The summed E-state index contributed by atoms with van der Waals surface area (Å²) in [6, 6.07) is 7.48. The van der Waals surface area contributed by atoms with Crippen molar-refractivity contribution in [3.63, 3.8) is 0 Å². The Kier molecular flexibility index (Phi) is 4.12. The number of benzene rings is 1. The van der Waals surface area contributed by atoms with Crippen LogP contribution in [0.15, 0.2) is 22.7 Å². The van der Waals surface area contributed by atoms with Crippen LogP contribution in [0.5, 0.6) is 0 Å². The molecule has 0 saturated heterocycles. The molecule has 1 rings (SSSR count). The molecule has 2 nitrogen and oxygen atoms in total. The number of nitriles is 1. The average molecular weight is 301 g/mol. The second-order valence-corrected chi connectivity index (χ2v) is 5.24. The predicted octanol–water partition coefficient (Wildman–Crippen LogP) is 3.76. The highest BCUT2D eigenvalue weighted by atomic mass is 79.9. The molecule has 1 atom stereocenters. The van der Waals surface area contributed by atoms with Crippen molar-refractivity contribution in [2.45, 2.75) is 20.3 Å². The molecule has 1 aromatic rings. The molecule has 0 amide bonds. The van der Waals surface area contributed by atoms with Crippen LogP contribution in [0.3, 0.4) is 0 Å². The van der Waals surface area contributed by atoms with Crippen LogP contribution in [0.4, 0.5) is 0 Å². The Morgan fingerprint density at radius 1 is 1.62 bits per heavy atom. The van der Waals surface area contributed by atoms with Crippen LogP contribution in [0.2, 0.25) is 5.02 Å². The molecule has 0 aliphatic carbocycles. The van der Waals surface area contributed by atoms with Gasteiger partial charge in [0.05, 0.1) is 6.07 Å². The van der Waals surface area contributed by atoms with Gasteiger partial charge < -0.3 is 0 Å². The van der Waals surface area contributed by atoms with Crippen LogP contribution in [-0.2, 0) is 11.2 Å². The van der Waals surface area contributed by atoms with E-state index in [2.05, 4.69) is 15.9 Å². The van der Waals surface area contributed by atoms with E-state index in [4.69, 9.17) is 16.9 Å². The zero-order chi connectivity index (χ0) is 12.3. The Hall–Kier alpha value is -0.850. The maximum atomic E-state index is 11.4. The molecular formula is C12H11BrClNO. The zero-order valence-corrected chi connectivity index (χ0v) is 11.4. The quantitative estimate of drug-likeness (QED) is 0.852. The van der Waals surface area contributed by atoms with Crippen LogP contribution in [0, 0.1) is 16.7 Å². The minimum Gasteiger partial charge on any atom is -0.298 e. The van der Waals surface area contributed by atoms with E-state index in [-0.39, 0.29) is 5.78 Å². The lowest BCUT2D eigenvalue weighted by atomic mass is 9.82. The van der Waals surface area contributed by atoms with Crippen molar-refractivity contribution in [1.29, 1.82) is 5.26 Å². The average Bonchev–Trinajstić information content (AvgIpc) is 2.22. The fourth-order valence-corrected chi connectivity index (χ4v) is 2.03. The molecule has 0 bridgehead atoms. The molecule has 0 heterocycles. The molecule has 0 saturated carbocycles. The largest absolute Gasteiger partial charge is 0.298 e.